The Morgan fingerprint density at radius 2 is 1.85 bits per heavy atom. The number of aliphatic imine (C=N–C) groups is 1. The van der Waals surface area contributed by atoms with Gasteiger partial charge in [-0.2, -0.15) is 0 Å². The van der Waals surface area contributed by atoms with Crippen molar-refractivity contribution in [2.75, 3.05) is 13.2 Å². The molecule has 2 atom stereocenters. The second-order valence-corrected chi connectivity index (χ2v) is 8.85. The first-order valence-electron chi connectivity index (χ1n) is 12.5. The van der Waals surface area contributed by atoms with Gasteiger partial charge in [0.1, 0.15) is 11.9 Å². The maximum absolute atomic E-state index is 12.6. The van der Waals surface area contributed by atoms with E-state index in [1.54, 1.807) is 12.3 Å². The number of nitrogens with one attached hydrogen (secondary N) is 3. The lowest BCUT2D eigenvalue weighted by Crippen LogP contribution is -2.38. The van der Waals surface area contributed by atoms with Crippen molar-refractivity contribution in [1.29, 1.82) is 0 Å². The number of hydrogen-bond donors (Lipinski definition) is 3. The zero-order valence-corrected chi connectivity index (χ0v) is 20.5. The lowest BCUT2D eigenvalue weighted by Gasteiger charge is -2.22. The Bertz CT molecular complexity index is 693. The first-order valence-corrected chi connectivity index (χ1v) is 12.5. The van der Waals surface area contributed by atoms with Crippen LogP contribution in [0, 0.1) is 5.92 Å². The van der Waals surface area contributed by atoms with E-state index in [-0.39, 0.29) is 18.1 Å². The van der Waals surface area contributed by atoms with Crippen molar-refractivity contribution in [3.8, 4) is 0 Å². The minimum atomic E-state index is -0.398. The summed E-state index contributed by atoms with van der Waals surface area (Å²) in [5, 5.41) is 6.28. The van der Waals surface area contributed by atoms with E-state index in [4.69, 9.17) is 9.57 Å². The predicted molar refractivity (Wildman–Crippen MR) is 130 cm³/mol. The standard InChI is InChI=1S/C25H42N4O4/c1-4-21(25(31)27-18-20-11-7-6-8-12-20)28-22(5-2)26-17-19(3)14-15-23(30)29-33-24-13-9-10-16-32-24/h14-15,17,20-21,24H,4-13,16,18H2,1-3H3,(H,26,28)(H,27,31)(H,29,30)/b15-14+,19-17+/t21-,24?/m1/s1. The van der Waals surface area contributed by atoms with Crippen molar-refractivity contribution in [3.05, 3.63) is 23.9 Å². The Hall–Kier alpha value is -2.19. The first kappa shape index (κ1) is 27.1. The molecule has 0 bridgehead atoms. The summed E-state index contributed by atoms with van der Waals surface area (Å²) in [6.45, 7) is 7.26. The summed E-state index contributed by atoms with van der Waals surface area (Å²) in [6.07, 6.45) is 14.9. The van der Waals surface area contributed by atoms with Gasteiger partial charge in [0.15, 0.2) is 6.29 Å². The molecule has 0 radical (unpaired) electrons. The minimum absolute atomic E-state index is 0.00460. The van der Waals surface area contributed by atoms with Gasteiger partial charge < -0.3 is 15.4 Å². The molecule has 2 fully saturated rings. The molecule has 0 spiro atoms. The van der Waals surface area contributed by atoms with Crippen molar-refractivity contribution < 1.29 is 19.2 Å². The van der Waals surface area contributed by atoms with E-state index in [2.05, 4.69) is 21.1 Å². The Balaban J connectivity index is 1.78. The maximum Gasteiger partial charge on any atom is 0.267 e. The van der Waals surface area contributed by atoms with Gasteiger partial charge in [0.25, 0.3) is 5.91 Å². The third-order valence-corrected chi connectivity index (χ3v) is 6.02. The molecule has 2 amide bonds. The van der Waals surface area contributed by atoms with E-state index in [9.17, 15) is 9.59 Å². The largest absolute Gasteiger partial charge is 0.354 e. The van der Waals surface area contributed by atoms with E-state index >= 15 is 0 Å². The van der Waals surface area contributed by atoms with Crippen molar-refractivity contribution in [2.45, 2.75) is 97.3 Å². The highest BCUT2D eigenvalue weighted by atomic mass is 16.8. The van der Waals surface area contributed by atoms with Crippen LogP contribution in [0.3, 0.4) is 0 Å². The number of nitrogens with zero attached hydrogens (tertiary/aromatic N) is 1. The maximum atomic E-state index is 12.6. The van der Waals surface area contributed by atoms with Crippen LogP contribution in [0.5, 0.6) is 0 Å². The number of amides is 2. The van der Waals surface area contributed by atoms with Crippen LogP contribution in [0.25, 0.3) is 0 Å². The lowest BCUT2D eigenvalue weighted by molar-refractivity contribution is -0.198. The van der Waals surface area contributed by atoms with Crippen LogP contribution < -0.4 is 16.1 Å². The highest BCUT2D eigenvalue weighted by Gasteiger charge is 2.19. The molecule has 33 heavy (non-hydrogen) atoms. The van der Waals surface area contributed by atoms with Crippen molar-refractivity contribution in [3.63, 3.8) is 0 Å². The molecule has 1 unspecified atom stereocenters. The summed E-state index contributed by atoms with van der Waals surface area (Å²) in [4.78, 5) is 34.4. The number of ether oxygens (including phenoxy) is 1. The van der Waals surface area contributed by atoms with Gasteiger partial charge in [0.2, 0.25) is 5.91 Å². The van der Waals surface area contributed by atoms with Crippen LogP contribution in [0.15, 0.2) is 28.9 Å². The fourth-order valence-electron chi connectivity index (χ4n) is 3.92. The lowest BCUT2D eigenvalue weighted by atomic mass is 9.89. The summed E-state index contributed by atoms with van der Waals surface area (Å²) >= 11 is 0. The number of carbonyl (C=O) groups is 2. The number of rotatable bonds is 11. The molecule has 1 heterocycles. The van der Waals surface area contributed by atoms with Crippen LogP contribution >= 0.6 is 0 Å². The molecule has 3 N–H and O–H groups in total. The van der Waals surface area contributed by atoms with Gasteiger partial charge in [-0.05, 0) is 50.5 Å². The molecule has 1 saturated carbocycles. The highest BCUT2D eigenvalue weighted by Crippen LogP contribution is 2.22. The first-order chi connectivity index (χ1) is 16.0. The van der Waals surface area contributed by atoms with Gasteiger partial charge >= 0.3 is 0 Å². The van der Waals surface area contributed by atoms with E-state index in [1.807, 2.05) is 20.8 Å². The molecule has 1 aliphatic heterocycles. The summed E-state index contributed by atoms with van der Waals surface area (Å²) in [7, 11) is 0. The zero-order valence-electron chi connectivity index (χ0n) is 20.5. The SMILES string of the molecule is CCC(=N[C@H](CC)C(=O)NCC1CCCCC1)N/C=C(C)/C=C/C(=O)NOC1CCCCO1. The molecular weight excluding hydrogens is 420 g/mol. The average Bonchev–Trinajstić information content (AvgIpc) is 2.86. The van der Waals surface area contributed by atoms with Crippen LogP contribution in [0.4, 0.5) is 0 Å². The predicted octanol–water partition coefficient (Wildman–Crippen LogP) is 3.89. The minimum Gasteiger partial charge on any atom is -0.354 e. The Labute approximate surface area is 198 Å². The number of hydroxylamine groups is 1. The quantitative estimate of drug-likeness (QED) is 0.142. The topological polar surface area (TPSA) is 101 Å². The molecule has 8 heteroatoms. The van der Waals surface area contributed by atoms with Gasteiger partial charge in [0.05, 0.1) is 0 Å². The third kappa shape index (κ3) is 11.0. The van der Waals surface area contributed by atoms with E-state index < -0.39 is 6.04 Å². The second kappa shape index (κ2) is 15.6. The molecule has 0 aromatic heterocycles. The fourth-order valence-corrected chi connectivity index (χ4v) is 3.92. The van der Waals surface area contributed by atoms with Gasteiger partial charge in [-0.15, -0.1) is 0 Å². The molecule has 186 valence electrons. The van der Waals surface area contributed by atoms with Gasteiger partial charge in [-0.25, -0.2) is 10.3 Å². The fraction of sp³-hybridized carbons (Fsp3) is 0.720. The number of carbonyl (C=O) groups excluding carboxylic acids is 2. The monoisotopic (exact) mass is 462 g/mol. The average molecular weight is 463 g/mol. The summed E-state index contributed by atoms with van der Waals surface area (Å²) < 4.78 is 5.41. The molecule has 2 rings (SSSR count). The van der Waals surface area contributed by atoms with E-state index in [0.29, 0.717) is 25.4 Å². The van der Waals surface area contributed by atoms with Gasteiger partial charge in [-0.1, -0.05) is 39.2 Å². The molecule has 0 aromatic rings. The molecule has 8 nitrogen and oxygen atoms in total. The third-order valence-electron chi connectivity index (χ3n) is 6.02. The van der Waals surface area contributed by atoms with Gasteiger partial charge in [0, 0.05) is 38.3 Å². The summed E-state index contributed by atoms with van der Waals surface area (Å²) in [5.74, 6) is 0.991. The number of allylic oxidation sites excluding steroid dienone is 2. The molecular formula is C25H42N4O4. The molecule has 1 aliphatic carbocycles. The van der Waals surface area contributed by atoms with Crippen molar-refractivity contribution >= 4 is 17.6 Å². The Kier molecular flexibility index (Phi) is 12.8. The normalized spacial score (nSPS) is 21.6. The van der Waals surface area contributed by atoms with Crippen LogP contribution in [0.1, 0.15) is 85.0 Å². The van der Waals surface area contributed by atoms with Crippen LogP contribution in [-0.2, 0) is 19.2 Å². The second-order valence-electron chi connectivity index (χ2n) is 8.85. The molecule has 1 saturated heterocycles. The summed E-state index contributed by atoms with van der Waals surface area (Å²) in [6, 6.07) is -0.398. The van der Waals surface area contributed by atoms with E-state index in [1.165, 1.54) is 38.2 Å². The van der Waals surface area contributed by atoms with E-state index in [0.717, 1.165) is 37.2 Å². The smallest absolute Gasteiger partial charge is 0.267 e. The zero-order chi connectivity index (χ0) is 23.9. The van der Waals surface area contributed by atoms with Crippen molar-refractivity contribution in [1.82, 2.24) is 16.1 Å². The van der Waals surface area contributed by atoms with Crippen molar-refractivity contribution in [2.24, 2.45) is 10.9 Å². The van der Waals surface area contributed by atoms with Crippen LogP contribution in [-0.4, -0.2) is 43.1 Å². The summed E-state index contributed by atoms with van der Waals surface area (Å²) in [5.41, 5.74) is 3.24. The highest BCUT2D eigenvalue weighted by molar-refractivity contribution is 5.89. The molecule has 0 aromatic carbocycles. The molecule has 2 aliphatic rings. The number of amidine groups is 1. The Morgan fingerprint density at radius 3 is 2.52 bits per heavy atom. The number of hydrogen-bond acceptors (Lipinski definition) is 5. The van der Waals surface area contributed by atoms with Gasteiger partial charge in [-0.3, -0.25) is 14.6 Å². The Morgan fingerprint density at radius 1 is 1.09 bits per heavy atom. The van der Waals surface area contributed by atoms with Crippen LogP contribution in [0.2, 0.25) is 0 Å².